The average molecular weight is 365 g/mol. The van der Waals surface area contributed by atoms with Crippen LogP contribution in [-0.4, -0.2) is 16.1 Å². The molecule has 3 rings (SSSR count). The zero-order valence-corrected chi connectivity index (χ0v) is 13.1. The molecule has 0 aliphatic heterocycles. The quantitative estimate of drug-likeness (QED) is 0.681. The van der Waals surface area contributed by atoms with Gasteiger partial charge in [0.2, 0.25) is 5.91 Å². The fraction of sp³-hybridized carbons (Fsp3) is 0.0667. The van der Waals surface area contributed by atoms with Crippen molar-refractivity contribution in [2.45, 2.75) is 4.83 Å². The van der Waals surface area contributed by atoms with Gasteiger partial charge in [0.05, 0.1) is 11.7 Å². The molecule has 0 saturated heterocycles. The van der Waals surface area contributed by atoms with Gasteiger partial charge in [-0.1, -0.05) is 39.7 Å². The number of fused-ring (bicyclic) bond motifs is 1. The van der Waals surface area contributed by atoms with E-state index in [9.17, 15) is 4.79 Å². The van der Waals surface area contributed by atoms with Crippen LogP contribution >= 0.6 is 27.5 Å². The van der Waals surface area contributed by atoms with Crippen molar-refractivity contribution in [3.05, 3.63) is 59.2 Å². The van der Waals surface area contributed by atoms with E-state index in [0.717, 1.165) is 22.2 Å². The number of aromatic amines is 1. The highest BCUT2D eigenvalue weighted by atomic mass is 79.9. The van der Waals surface area contributed by atoms with E-state index in [-0.39, 0.29) is 5.91 Å². The van der Waals surface area contributed by atoms with Gasteiger partial charge >= 0.3 is 0 Å². The number of carbonyl (C=O) groups excluding carboxylic acids is 1. The minimum Gasteiger partial charge on any atom is -0.325 e. The van der Waals surface area contributed by atoms with Gasteiger partial charge in [-0.3, -0.25) is 9.89 Å². The standard InChI is InChI=1S/C15H11BrClN3O/c16-14(9-2-1-3-11(17)6-9)15(21)19-12-4-5-13-10(7-12)8-18-20-13/h1-8,14H,(H,18,20)(H,19,21). The third kappa shape index (κ3) is 3.09. The molecule has 3 aromatic rings. The SMILES string of the molecule is O=C(Nc1ccc2[nH]ncc2c1)C(Br)c1cccc(Cl)c1. The molecule has 0 aliphatic carbocycles. The molecule has 1 amide bonds. The summed E-state index contributed by atoms with van der Waals surface area (Å²) >= 11 is 9.34. The summed E-state index contributed by atoms with van der Waals surface area (Å²) in [6, 6.07) is 12.8. The van der Waals surface area contributed by atoms with Gasteiger partial charge in [0.25, 0.3) is 0 Å². The second-order valence-electron chi connectivity index (χ2n) is 4.58. The first-order chi connectivity index (χ1) is 10.1. The summed E-state index contributed by atoms with van der Waals surface area (Å²) in [6.07, 6.45) is 1.72. The lowest BCUT2D eigenvalue weighted by Crippen LogP contribution is -2.16. The van der Waals surface area contributed by atoms with Gasteiger partial charge in [-0.05, 0) is 35.9 Å². The number of anilines is 1. The lowest BCUT2D eigenvalue weighted by Gasteiger charge is -2.11. The maximum absolute atomic E-state index is 12.3. The van der Waals surface area contributed by atoms with E-state index in [2.05, 4.69) is 31.4 Å². The Morgan fingerprint density at radius 1 is 1.29 bits per heavy atom. The molecular formula is C15H11BrClN3O. The molecule has 6 heteroatoms. The van der Waals surface area contributed by atoms with Gasteiger partial charge in [-0.15, -0.1) is 0 Å². The van der Waals surface area contributed by atoms with Crippen molar-refractivity contribution in [2.75, 3.05) is 5.32 Å². The lowest BCUT2D eigenvalue weighted by molar-refractivity contribution is -0.115. The van der Waals surface area contributed by atoms with Crippen molar-refractivity contribution in [2.24, 2.45) is 0 Å². The summed E-state index contributed by atoms with van der Waals surface area (Å²) < 4.78 is 0. The number of amides is 1. The fourth-order valence-corrected chi connectivity index (χ4v) is 2.64. The van der Waals surface area contributed by atoms with E-state index >= 15 is 0 Å². The predicted molar refractivity (Wildman–Crippen MR) is 87.8 cm³/mol. The van der Waals surface area contributed by atoms with Crippen LogP contribution in [0, 0.1) is 0 Å². The van der Waals surface area contributed by atoms with E-state index in [1.165, 1.54) is 0 Å². The molecule has 4 nitrogen and oxygen atoms in total. The Bertz CT molecular complexity index is 802. The van der Waals surface area contributed by atoms with Crippen LogP contribution in [0.25, 0.3) is 10.9 Å². The molecule has 0 aliphatic rings. The molecule has 0 radical (unpaired) electrons. The number of nitrogens with zero attached hydrogens (tertiary/aromatic N) is 1. The highest BCUT2D eigenvalue weighted by Gasteiger charge is 2.17. The molecule has 0 spiro atoms. The van der Waals surface area contributed by atoms with E-state index < -0.39 is 4.83 Å². The molecule has 1 unspecified atom stereocenters. The Hall–Kier alpha value is -1.85. The van der Waals surface area contributed by atoms with Crippen molar-refractivity contribution in [3.63, 3.8) is 0 Å². The first-order valence-electron chi connectivity index (χ1n) is 6.27. The topological polar surface area (TPSA) is 57.8 Å². The molecule has 1 heterocycles. The summed E-state index contributed by atoms with van der Waals surface area (Å²) in [5.74, 6) is -0.153. The average Bonchev–Trinajstić information content (AvgIpc) is 2.94. The van der Waals surface area contributed by atoms with Crippen LogP contribution in [0.3, 0.4) is 0 Å². The summed E-state index contributed by atoms with van der Waals surface area (Å²) in [5, 5.41) is 11.2. The number of halogens is 2. The van der Waals surface area contributed by atoms with E-state index in [0.29, 0.717) is 5.02 Å². The smallest absolute Gasteiger partial charge is 0.242 e. The van der Waals surface area contributed by atoms with Crippen LogP contribution in [0.1, 0.15) is 10.4 Å². The van der Waals surface area contributed by atoms with Gasteiger partial charge in [0, 0.05) is 16.1 Å². The van der Waals surface area contributed by atoms with Crippen LogP contribution in [0.4, 0.5) is 5.69 Å². The lowest BCUT2D eigenvalue weighted by atomic mass is 10.1. The van der Waals surface area contributed by atoms with E-state index in [1.54, 1.807) is 18.3 Å². The maximum Gasteiger partial charge on any atom is 0.242 e. The number of alkyl halides is 1. The molecule has 0 bridgehead atoms. The number of hydrogen-bond donors (Lipinski definition) is 2. The molecule has 0 fully saturated rings. The van der Waals surface area contributed by atoms with Crippen LogP contribution in [-0.2, 0) is 4.79 Å². The molecule has 2 aromatic carbocycles. The van der Waals surface area contributed by atoms with Gasteiger partial charge in [-0.2, -0.15) is 5.10 Å². The molecule has 106 valence electrons. The zero-order valence-electron chi connectivity index (χ0n) is 10.8. The third-order valence-electron chi connectivity index (χ3n) is 3.08. The van der Waals surface area contributed by atoms with Crippen molar-refractivity contribution in [1.82, 2.24) is 10.2 Å². The van der Waals surface area contributed by atoms with Crippen LogP contribution in [0.15, 0.2) is 48.7 Å². The number of benzene rings is 2. The molecule has 21 heavy (non-hydrogen) atoms. The number of rotatable bonds is 3. The summed E-state index contributed by atoms with van der Waals surface area (Å²) in [5.41, 5.74) is 2.46. The normalized spacial score (nSPS) is 12.3. The number of carbonyl (C=O) groups is 1. The summed E-state index contributed by atoms with van der Waals surface area (Å²) in [6.45, 7) is 0. The zero-order chi connectivity index (χ0) is 14.8. The summed E-state index contributed by atoms with van der Waals surface area (Å²) in [4.78, 5) is 11.8. The fourth-order valence-electron chi connectivity index (χ4n) is 2.04. The Kier molecular flexibility index (Phi) is 3.94. The molecule has 1 aromatic heterocycles. The van der Waals surface area contributed by atoms with Crippen molar-refractivity contribution in [3.8, 4) is 0 Å². The molecule has 0 saturated carbocycles. The number of H-pyrrole nitrogens is 1. The van der Waals surface area contributed by atoms with E-state index in [4.69, 9.17) is 11.6 Å². The van der Waals surface area contributed by atoms with Crippen LogP contribution in [0.2, 0.25) is 5.02 Å². The first kappa shape index (κ1) is 14.1. The second kappa shape index (κ2) is 5.87. The highest BCUT2D eigenvalue weighted by Crippen LogP contribution is 2.27. The summed E-state index contributed by atoms with van der Waals surface area (Å²) in [7, 11) is 0. The monoisotopic (exact) mass is 363 g/mol. The number of aromatic nitrogens is 2. The van der Waals surface area contributed by atoms with Gasteiger partial charge in [-0.25, -0.2) is 0 Å². The Morgan fingerprint density at radius 2 is 2.14 bits per heavy atom. The second-order valence-corrected chi connectivity index (χ2v) is 5.93. The Labute approximate surface area is 134 Å². The van der Waals surface area contributed by atoms with Crippen LogP contribution < -0.4 is 5.32 Å². The van der Waals surface area contributed by atoms with Gasteiger partial charge in [0.15, 0.2) is 0 Å². The number of hydrogen-bond acceptors (Lipinski definition) is 2. The third-order valence-corrected chi connectivity index (χ3v) is 4.26. The minimum atomic E-state index is -0.462. The molecule has 1 atom stereocenters. The van der Waals surface area contributed by atoms with Crippen LogP contribution in [0.5, 0.6) is 0 Å². The largest absolute Gasteiger partial charge is 0.325 e. The van der Waals surface area contributed by atoms with Crippen molar-refractivity contribution < 1.29 is 4.79 Å². The maximum atomic E-state index is 12.3. The van der Waals surface area contributed by atoms with Crippen molar-refractivity contribution >= 4 is 50.0 Å². The molecular weight excluding hydrogens is 354 g/mol. The van der Waals surface area contributed by atoms with E-state index in [1.807, 2.05) is 30.3 Å². The van der Waals surface area contributed by atoms with Crippen molar-refractivity contribution in [1.29, 1.82) is 0 Å². The highest BCUT2D eigenvalue weighted by molar-refractivity contribution is 9.09. The van der Waals surface area contributed by atoms with Gasteiger partial charge < -0.3 is 5.32 Å². The van der Waals surface area contributed by atoms with Gasteiger partial charge in [0.1, 0.15) is 4.83 Å². The number of nitrogens with one attached hydrogen (secondary N) is 2. The Morgan fingerprint density at radius 3 is 2.95 bits per heavy atom. The molecule has 2 N–H and O–H groups in total. The first-order valence-corrected chi connectivity index (χ1v) is 7.56. The Balaban J connectivity index is 1.78. The predicted octanol–water partition coefficient (Wildman–Crippen LogP) is 4.29. The minimum absolute atomic E-state index is 0.153.